The van der Waals surface area contributed by atoms with Crippen molar-refractivity contribution in [2.75, 3.05) is 39.6 Å². The molecule has 5 rings (SSSR count). The van der Waals surface area contributed by atoms with E-state index < -0.39 is 186 Å². The van der Waals surface area contributed by atoms with Crippen LogP contribution in [0.25, 0.3) is 0 Å². The fourth-order valence-electron chi connectivity index (χ4n) is 7.38. The molecule has 5 fully saturated rings. The largest absolute Gasteiger partial charge is 0.394 e. The van der Waals surface area contributed by atoms with Crippen molar-refractivity contribution >= 4 is 11.8 Å². The molecule has 26 nitrogen and oxygen atoms in total. The van der Waals surface area contributed by atoms with E-state index in [1.54, 1.807) is 0 Å². The molecular weight excluding hydrogens is 808 g/mol. The number of rotatable bonds is 14. The summed E-state index contributed by atoms with van der Waals surface area (Å²) in [6.07, 6.45) is -36.3. The number of carbonyl (C=O) groups is 2. The number of aliphatic hydroxyl groups excluding tert-OH is 13. The molecule has 2 amide bonds. The first-order valence-corrected chi connectivity index (χ1v) is 18.9. The van der Waals surface area contributed by atoms with Gasteiger partial charge < -0.3 is 120 Å². The Bertz CT molecular complexity index is 1360. The number of amides is 2. The van der Waals surface area contributed by atoms with Gasteiger partial charge in [-0.3, -0.25) is 9.59 Å². The molecule has 342 valence electrons. The highest BCUT2D eigenvalue weighted by Gasteiger charge is 2.55. The average molecular weight is 865 g/mol. The number of aliphatic hydroxyl groups is 13. The van der Waals surface area contributed by atoms with Crippen molar-refractivity contribution in [2.24, 2.45) is 0 Å². The smallest absolute Gasteiger partial charge is 0.217 e. The molecule has 0 aliphatic carbocycles. The highest BCUT2D eigenvalue weighted by molar-refractivity contribution is 5.73. The van der Waals surface area contributed by atoms with Gasteiger partial charge in [0.2, 0.25) is 11.8 Å². The number of nitrogens with one attached hydrogen (secondary N) is 2. The van der Waals surface area contributed by atoms with Crippen molar-refractivity contribution in [2.45, 2.75) is 155 Å². The van der Waals surface area contributed by atoms with Crippen LogP contribution in [0.15, 0.2) is 0 Å². The van der Waals surface area contributed by atoms with Gasteiger partial charge in [0.1, 0.15) is 110 Å². The van der Waals surface area contributed by atoms with E-state index in [1.807, 2.05) is 0 Å². The van der Waals surface area contributed by atoms with Crippen LogP contribution < -0.4 is 10.6 Å². The number of carbonyl (C=O) groups excluding carboxylic acids is 2. The first kappa shape index (κ1) is 48.1. The van der Waals surface area contributed by atoms with E-state index in [0.717, 1.165) is 6.92 Å². The molecule has 5 heterocycles. The van der Waals surface area contributed by atoms with Gasteiger partial charge in [0, 0.05) is 13.8 Å². The Morgan fingerprint density at radius 2 is 1.05 bits per heavy atom. The molecule has 0 radical (unpaired) electrons. The SMILES string of the molecule is CC(=O)N[C@H]1[C@H](O[C@H]2[C@H](O)[C@@H](NC(C)=O)CO[C@@H]2CO)O[C@H](CO)[C@@H](O[C@@H]2O[C@H](CO[C@H]3O[C@H](CO)[C@@H](O)[C@H](O)[C@@H]3O)[C@@H](O)[C@H](O)[C@@H]2O[C@@H]2OC[C@@H](O)[C@H](O)[C@H]2O)[C@@H]1O. The van der Waals surface area contributed by atoms with Crippen molar-refractivity contribution in [1.82, 2.24) is 10.6 Å². The average Bonchev–Trinajstić information content (AvgIpc) is 3.20. The lowest BCUT2D eigenvalue weighted by Gasteiger charge is -2.50. The van der Waals surface area contributed by atoms with Crippen molar-refractivity contribution in [3.05, 3.63) is 0 Å². The monoisotopic (exact) mass is 864 g/mol. The Morgan fingerprint density at radius 3 is 1.68 bits per heavy atom. The number of ether oxygens (including phenoxy) is 9. The maximum Gasteiger partial charge on any atom is 0.217 e. The summed E-state index contributed by atoms with van der Waals surface area (Å²) in [4.78, 5) is 24.2. The summed E-state index contributed by atoms with van der Waals surface area (Å²) >= 11 is 0. The van der Waals surface area contributed by atoms with E-state index in [1.165, 1.54) is 6.92 Å². The first-order valence-electron chi connectivity index (χ1n) is 18.9. The van der Waals surface area contributed by atoms with Crippen molar-refractivity contribution in [3.8, 4) is 0 Å². The standard InChI is InChI=1S/C33H56N2O24/c1-9(39)34-11-6-51-14(4-37)27(18(11)42)57-30-17(35-10(2)40)22(46)28(15(5-38)55-30)58-33-29(59-32-25(49)19(43)12(41)7-52-32)24(48)21(45)16(56-33)8-53-31-26(50)23(47)20(44)13(3-36)54-31/h11-33,36-38,41-50H,3-8H2,1-2H3,(H,34,39)(H,35,40)/t11-,12+,13+,14+,15+,16+,17+,18+,19-,20+,21+,22+,23-,24-,25+,26-,27+,28+,29-,30-,31-,32-,33-/m0/s1. The quantitative estimate of drug-likeness (QED) is 0.0771. The fourth-order valence-corrected chi connectivity index (χ4v) is 7.38. The van der Waals surface area contributed by atoms with Gasteiger partial charge in [0.25, 0.3) is 0 Å². The zero-order valence-electron chi connectivity index (χ0n) is 31.8. The van der Waals surface area contributed by atoms with Crippen LogP contribution in [0.3, 0.4) is 0 Å². The Balaban J connectivity index is 1.40. The fraction of sp³-hybridized carbons (Fsp3) is 0.939. The number of hydrogen-bond acceptors (Lipinski definition) is 24. The van der Waals surface area contributed by atoms with E-state index in [2.05, 4.69) is 10.6 Å². The summed E-state index contributed by atoms with van der Waals surface area (Å²) in [5.74, 6) is -1.27. The molecule has 59 heavy (non-hydrogen) atoms. The van der Waals surface area contributed by atoms with Crippen LogP contribution in [-0.2, 0) is 52.2 Å². The molecule has 0 aromatic rings. The number of hydrogen-bond donors (Lipinski definition) is 15. The molecule has 26 heteroatoms. The Labute approximate surface area is 335 Å². The Kier molecular flexibility index (Phi) is 17.1. The van der Waals surface area contributed by atoms with E-state index in [9.17, 15) is 76.0 Å². The van der Waals surface area contributed by atoms with Gasteiger partial charge in [-0.25, -0.2) is 0 Å². The molecule has 0 bridgehead atoms. The zero-order chi connectivity index (χ0) is 43.5. The van der Waals surface area contributed by atoms with Crippen LogP contribution in [0.5, 0.6) is 0 Å². The maximum atomic E-state index is 12.4. The van der Waals surface area contributed by atoms with Gasteiger partial charge in [-0.05, 0) is 0 Å². The summed E-state index contributed by atoms with van der Waals surface area (Å²) in [7, 11) is 0. The van der Waals surface area contributed by atoms with E-state index >= 15 is 0 Å². The summed E-state index contributed by atoms with van der Waals surface area (Å²) in [6.45, 7) is -1.69. The molecular formula is C33H56N2O24. The maximum absolute atomic E-state index is 12.4. The van der Waals surface area contributed by atoms with Gasteiger partial charge in [0.05, 0.1) is 45.7 Å². The lowest BCUT2D eigenvalue weighted by Crippen LogP contribution is -2.70. The molecule has 15 N–H and O–H groups in total. The molecule has 0 unspecified atom stereocenters. The van der Waals surface area contributed by atoms with Crippen LogP contribution in [0.1, 0.15) is 13.8 Å². The summed E-state index contributed by atoms with van der Waals surface area (Å²) < 4.78 is 51.3. The van der Waals surface area contributed by atoms with Gasteiger partial charge in [0.15, 0.2) is 25.2 Å². The molecule has 5 aliphatic heterocycles. The van der Waals surface area contributed by atoms with Crippen molar-refractivity contribution in [3.63, 3.8) is 0 Å². The second kappa shape index (κ2) is 21.0. The topological polar surface area (TPSA) is 404 Å². The van der Waals surface area contributed by atoms with Crippen molar-refractivity contribution in [1.29, 1.82) is 0 Å². The molecule has 23 atom stereocenters. The highest BCUT2D eigenvalue weighted by Crippen LogP contribution is 2.34. The molecule has 5 saturated heterocycles. The van der Waals surface area contributed by atoms with Crippen molar-refractivity contribution < 1.29 is 119 Å². The zero-order valence-corrected chi connectivity index (χ0v) is 31.8. The molecule has 0 saturated carbocycles. The van der Waals surface area contributed by atoms with E-state index in [0.29, 0.717) is 0 Å². The third-order valence-electron chi connectivity index (χ3n) is 10.6. The minimum atomic E-state index is -2.06. The van der Waals surface area contributed by atoms with Crippen LogP contribution in [0.4, 0.5) is 0 Å². The van der Waals surface area contributed by atoms with Crippen LogP contribution in [0, 0.1) is 0 Å². The second-order valence-corrected chi connectivity index (χ2v) is 14.9. The third kappa shape index (κ3) is 10.8. The second-order valence-electron chi connectivity index (χ2n) is 14.9. The van der Waals surface area contributed by atoms with Crippen LogP contribution in [0.2, 0.25) is 0 Å². The van der Waals surface area contributed by atoms with Gasteiger partial charge in [-0.2, -0.15) is 0 Å². The normalized spacial score (nSPS) is 48.3. The van der Waals surface area contributed by atoms with Crippen LogP contribution >= 0.6 is 0 Å². The van der Waals surface area contributed by atoms with E-state index in [-0.39, 0.29) is 6.61 Å². The Hall–Kier alpha value is -1.94. The minimum absolute atomic E-state index is 0.216. The predicted molar refractivity (Wildman–Crippen MR) is 183 cm³/mol. The van der Waals surface area contributed by atoms with E-state index in [4.69, 9.17) is 42.6 Å². The molecule has 0 aromatic carbocycles. The molecule has 5 aliphatic rings. The van der Waals surface area contributed by atoms with Gasteiger partial charge in [-0.15, -0.1) is 0 Å². The highest BCUT2D eigenvalue weighted by atomic mass is 16.8. The van der Waals surface area contributed by atoms with Gasteiger partial charge >= 0.3 is 0 Å². The van der Waals surface area contributed by atoms with Crippen LogP contribution in [-0.4, -0.2) is 259 Å². The molecule has 0 spiro atoms. The lowest BCUT2D eigenvalue weighted by molar-refractivity contribution is -0.385. The lowest BCUT2D eigenvalue weighted by atomic mass is 9.94. The van der Waals surface area contributed by atoms with Gasteiger partial charge in [-0.1, -0.05) is 0 Å². The first-order chi connectivity index (χ1) is 27.9. The predicted octanol–water partition coefficient (Wildman–Crippen LogP) is -10.3. The summed E-state index contributed by atoms with van der Waals surface area (Å²) in [5.41, 5.74) is 0. The molecule has 0 aromatic heterocycles. The minimum Gasteiger partial charge on any atom is -0.394 e. The summed E-state index contributed by atoms with van der Waals surface area (Å²) in [6, 6.07) is -2.62. The third-order valence-corrected chi connectivity index (χ3v) is 10.6. The Morgan fingerprint density at radius 1 is 0.508 bits per heavy atom. The summed E-state index contributed by atoms with van der Waals surface area (Å²) in [5, 5.41) is 142.